The van der Waals surface area contributed by atoms with Crippen molar-refractivity contribution >= 4 is 0 Å². The van der Waals surface area contributed by atoms with Crippen molar-refractivity contribution in [2.24, 2.45) is 11.3 Å². The van der Waals surface area contributed by atoms with Gasteiger partial charge in [0.15, 0.2) is 0 Å². The quantitative estimate of drug-likeness (QED) is 0.266. The second-order valence-electron chi connectivity index (χ2n) is 12.8. The van der Waals surface area contributed by atoms with E-state index in [1.165, 1.54) is 63.0 Å². The van der Waals surface area contributed by atoms with Gasteiger partial charge in [-0.25, -0.2) is 0 Å². The van der Waals surface area contributed by atoms with Gasteiger partial charge in [0.2, 0.25) is 0 Å². The summed E-state index contributed by atoms with van der Waals surface area (Å²) in [4.78, 5) is 0. The van der Waals surface area contributed by atoms with Gasteiger partial charge in [0.25, 0.3) is 0 Å². The minimum atomic E-state index is -0.409. The summed E-state index contributed by atoms with van der Waals surface area (Å²) in [6.07, 6.45) is 20.3. The van der Waals surface area contributed by atoms with Gasteiger partial charge in [-0.05, 0) is 68.5 Å². The van der Waals surface area contributed by atoms with Crippen LogP contribution in [0.5, 0.6) is 0 Å². The average molecular weight is 641 g/mol. The van der Waals surface area contributed by atoms with E-state index in [0.29, 0.717) is 5.92 Å². The molecule has 3 aliphatic rings. The Kier molecular flexibility index (Phi) is 16.6. The topological polar surface area (TPSA) is 0 Å². The lowest BCUT2D eigenvalue weighted by Crippen LogP contribution is -2.31. The second-order valence-corrected chi connectivity index (χ2v) is 12.8. The van der Waals surface area contributed by atoms with Gasteiger partial charge in [0.05, 0.1) is 5.41 Å². The Morgan fingerprint density at radius 1 is 0.583 bits per heavy atom. The first kappa shape index (κ1) is 40.3. The molecule has 2 atom stereocenters. The molecule has 0 fully saturated rings. The predicted molar refractivity (Wildman–Crippen MR) is 217 cm³/mol. The zero-order chi connectivity index (χ0) is 35.7. The Morgan fingerprint density at radius 3 is 1.69 bits per heavy atom. The molecule has 0 aromatic heterocycles. The van der Waals surface area contributed by atoms with Crippen LogP contribution in [0.25, 0.3) is 11.1 Å². The zero-order valence-corrected chi connectivity index (χ0v) is 32.3. The van der Waals surface area contributed by atoms with Crippen molar-refractivity contribution in [2.75, 3.05) is 0 Å². The second kappa shape index (κ2) is 19.8. The van der Waals surface area contributed by atoms with Crippen molar-refractivity contribution in [3.05, 3.63) is 166 Å². The first-order valence-electron chi connectivity index (χ1n) is 18.8. The van der Waals surface area contributed by atoms with Crippen molar-refractivity contribution in [2.45, 2.75) is 108 Å². The smallest absolute Gasteiger partial charge is 0.0716 e. The van der Waals surface area contributed by atoms with Crippen LogP contribution in [-0.2, 0) is 5.41 Å². The monoisotopic (exact) mass is 641 g/mol. The Bertz CT molecular complexity index is 1580. The van der Waals surface area contributed by atoms with Crippen LogP contribution in [0.4, 0.5) is 0 Å². The molecule has 0 saturated carbocycles. The Labute approximate surface area is 295 Å². The molecule has 3 aromatic carbocycles. The third kappa shape index (κ3) is 8.96. The largest absolute Gasteiger partial charge is 0.0773 e. The molecule has 48 heavy (non-hydrogen) atoms. The Hall–Kier alpha value is -3.90. The minimum absolute atomic E-state index is 0.00939. The molecule has 0 aliphatic heterocycles. The zero-order valence-electron chi connectivity index (χ0n) is 32.3. The first-order valence-corrected chi connectivity index (χ1v) is 18.8. The normalized spacial score (nSPS) is 19.7. The summed E-state index contributed by atoms with van der Waals surface area (Å²) < 4.78 is 0. The van der Waals surface area contributed by atoms with Gasteiger partial charge in [-0.2, -0.15) is 0 Å². The van der Waals surface area contributed by atoms with Crippen molar-refractivity contribution in [3.63, 3.8) is 0 Å². The van der Waals surface area contributed by atoms with Crippen molar-refractivity contribution in [1.82, 2.24) is 0 Å². The molecular weight excluding hydrogens is 577 g/mol. The Morgan fingerprint density at radius 2 is 1.10 bits per heavy atom. The van der Waals surface area contributed by atoms with E-state index in [2.05, 4.69) is 183 Å². The van der Waals surface area contributed by atoms with Crippen LogP contribution in [0.3, 0.4) is 0 Å². The van der Waals surface area contributed by atoms with Gasteiger partial charge in [-0.3, -0.25) is 0 Å². The van der Waals surface area contributed by atoms with Crippen LogP contribution in [0.1, 0.15) is 113 Å². The lowest BCUT2D eigenvalue weighted by molar-refractivity contribution is 0.625. The van der Waals surface area contributed by atoms with Gasteiger partial charge < -0.3 is 0 Å². The minimum Gasteiger partial charge on any atom is -0.0773 e. The summed E-state index contributed by atoms with van der Waals surface area (Å²) in [6.45, 7) is 25.7. The van der Waals surface area contributed by atoms with Crippen LogP contribution in [0.2, 0.25) is 0 Å². The van der Waals surface area contributed by atoms with Crippen LogP contribution in [0.15, 0.2) is 155 Å². The molecule has 0 spiro atoms. The number of hydrogen-bond donors (Lipinski definition) is 0. The SMILES string of the molecule is CC.CC.CCC.CCC.CCC1=CC(C)C=CC2=C1C(c1ccccc1)(c1cccc(-c3ccccc3)c1)C1=C2C=CC(C)(C)C=C1. The van der Waals surface area contributed by atoms with E-state index in [9.17, 15) is 0 Å². The van der Waals surface area contributed by atoms with E-state index in [1.807, 2.05) is 27.7 Å². The average Bonchev–Trinajstić information content (AvgIpc) is 3.17. The fourth-order valence-corrected chi connectivity index (χ4v) is 6.47. The van der Waals surface area contributed by atoms with Crippen molar-refractivity contribution in [3.8, 4) is 11.1 Å². The molecule has 3 aliphatic carbocycles. The van der Waals surface area contributed by atoms with Gasteiger partial charge in [-0.15, -0.1) is 0 Å². The molecule has 256 valence electrons. The molecule has 0 radical (unpaired) electrons. The first-order chi connectivity index (χ1) is 23.3. The third-order valence-corrected chi connectivity index (χ3v) is 8.33. The van der Waals surface area contributed by atoms with E-state index >= 15 is 0 Å². The highest BCUT2D eigenvalue weighted by atomic mass is 14.5. The number of rotatable bonds is 4. The predicted octanol–water partition coefficient (Wildman–Crippen LogP) is 14.8. The highest BCUT2D eigenvalue weighted by Crippen LogP contribution is 2.59. The van der Waals surface area contributed by atoms with Crippen LogP contribution in [0, 0.1) is 11.3 Å². The molecule has 3 aromatic rings. The maximum Gasteiger partial charge on any atom is 0.0716 e. The molecule has 0 bridgehead atoms. The number of allylic oxidation sites excluding steroid dienone is 12. The summed E-state index contributed by atoms with van der Waals surface area (Å²) in [5.74, 6) is 0.394. The molecule has 0 N–H and O–H groups in total. The van der Waals surface area contributed by atoms with Gasteiger partial charge in [-0.1, -0.05) is 217 Å². The summed E-state index contributed by atoms with van der Waals surface area (Å²) in [5.41, 5.74) is 11.7. The highest BCUT2D eigenvalue weighted by molar-refractivity contribution is 5.80. The van der Waals surface area contributed by atoms with Gasteiger partial charge in [0.1, 0.15) is 0 Å². The number of benzene rings is 3. The van der Waals surface area contributed by atoms with Crippen LogP contribution < -0.4 is 0 Å². The van der Waals surface area contributed by atoms with Crippen molar-refractivity contribution < 1.29 is 0 Å². The van der Waals surface area contributed by atoms with E-state index in [1.54, 1.807) is 0 Å². The molecule has 2 unspecified atom stereocenters. The molecule has 0 saturated heterocycles. The fourth-order valence-electron chi connectivity index (χ4n) is 6.47. The van der Waals surface area contributed by atoms with E-state index in [4.69, 9.17) is 0 Å². The molecule has 0 heteroatoms. The molecule has 0 heterocycles. The van der Waals surface area contributed by atoms with E-state index < -0.39 is 5.41 Å². The fraction of sp³-hybridized carbons (Fsp3) is 0.375. The number of fused-ring (bicyclic) bond motifs is 1. The molecule has 0 amide bonds. The van der Waals surface area contributed by atoms with Gasteiger partial charge >= 0.3 is 0 Å². The third-order valence-electron chi connectivity index (χ3n) is 8.33. The number of hydrogen-bond acceptors (Lipinski definition) is 0. The Balaban J connectivity index is 0.000000724. The summed E-state index contributed by atoms with van der Waals surface area (Å²) in [7, 11) is 0. The molecule has 0 nitrogen and oxygen atoms in total. The standard InChI is InChI=1S/C38H36.2C3H8.2C2H6/c1-5-28-25-27(2)19-20-34-33-21-23-37(3,4)24-22-35(33)38(36(28)34,31-16-10-7-11-17-31)32-18-12-15-30(26-32)29-13-8-6-9-14-29;2*1-3-2;2*1-2/h6-27H,5H2,1-4H3;2*3H2,1-2H3;2*1-2H3. The summed E-state index contributed by atoms with van der Waals surface area (Å²) >= 11 is 0. The van der Waals surface area contributed by atoms with E-state index in [0.717, 1.165) is 6.42 Å². The highest BCUT2D eigenvalue weighted by Gasteiger charge is 2.49. The van der Waals surface area contributed by atoms with Crippen molar-refractivity contribution in [1.29, 1.82) is 0 Å². The molecule has 6 rings (SSSR count). The van der Waals surface area contributed by atoms with Crippen LogP contribution >= 0.6 is 0 Å². The lowest BCUT2D eigenvalue weighted by Gasteiger charge is -2.38. The lowest BCUT2D eigenvalue weighted by atomic mass is 9.63. The van der Waals surface area contributed by atoms with Gasteiger partial charge in [0, 0.05) is 5.41 Å². The maximum atomic E-state index is 2.49. The molecular formula is C48H64. The summed E-state index contributed by atoms with van der Waals surface area (Å²) in [6, 6.07) is 31.2. The van der Waals surface area contributed by atoms with E-state index in [-0.39, 0.29) is 5.41 Å². The summed E-state index contributed by atoms with van der Waals surface area (Å²) in [5, 5.41) is 0. The van der Waals surface area contributed by atoms with Crippen LogP contribution in [-0.4, -0.2) is 0 Å². The maximum absolute atomic E-state index is 2.49.